The number of rotatable bonds is 4. The van der Waals surface area contributed by atoms with E-state index in [2.05, 4.69) is 47.3 Å². The molecule has 2 aliphatic rings. The van der Waals surface area contributed by atoms with E-state index in [1.165, 1.54) is 16.7 Å². The molecule has 7 heteroatoms. The maximum Gasteiger partial charge on any atom is 0.276 e. The summed E-state index contributed by atoms with van der Waals surface area (Å²) in [6, 6.07) is 6.99. The number of benzene rings is 1. The Bertz CT molecular complexity index is 820. The van der Waals surface area contributed by atoms with Crippen LogP contribution in [0.4, 0.5) is 0 Å². The normalized spacial score (nSPS) is 19.1. The first-order valence-corrected chi connectivity index (χ1v) is 10.2. The van der Waals surface area contributed by atoms with Gasteiger partial charge >= 0.3 is 0 Å². The number of aromatic nitrogens is 3. The molecule has 150 valence electrons. The van der Waals surface area contributed by atoms with Gasteiger partial charge in [0.1, 0.15) is 0 Å². The van der Waals surface area contributed by atoms with Crippen molar-refractivity contribution in [3.05, 3.63) is 46.8 Å². The summed E-state index contributed by atoms with van der Waals surface area (Å²) >= 11 is 0. The second-order valence-electron chi connectivity index (χ2n) is 7.93. The van der Waals surface area contributed by atoms with Gasteiger partial charge in [-0.15, -0.1) is 5.10 Å². The van der Waals surface area contributed by atoms with E-state index in [1.54, 1.807) is 4.90 Å². The third-order valence-corrected chi connectivity index (χ3v) is 5.86. The fourth-order valence-electron chi connectivity index (χ4n) is 4.04. The van der Waals surface area contributed by atoms with Crippen LogP contribution >= 0.6 is 0 Å². The Morgan fingerprint density at radius 1 is 1.14 bits per heavy atom. The van der Waals surface area contributed by atoms with E-state index < -0.39 is 0 Å². The number of ether oxygens (including phenoxy) is 1. The number of carbonyl (C=O) groups is 1. The number of morpholine rings is 1. The number of nitrogens with zero attached hydrogens (tertiary/aromatic N) is 5. The van der Waals surface area contributed by atoms with E-state index in [0.717, 1.165) is 32.5 Å². The number of aryl methyl sites for hydroxylation is 2. The molecule has 2 aromatic rings. The highest BCUT2D eigenvalue weighted by Gasteiger charge is 2.25. The summed E-state index contributed by atoms with van der Waals surface area (Å²) < 4.78 is 7.20. The predicted octanol–water partition coefficient (Wildman–Crippen LogP) is 2.20. The molecule has 4 rings (SSSR count). The molecule has 1 amide bonds. The summed E-state index contributed by atoms with van der Waals surface area (Å²) in [5.41, 5.74) is 4.53. The summed E-state index contributed by atoms with van der Waals surface area (Å²) in [7, 11) is 0. The molecule has 7 nitrogen and oxygen atoms in total. The summed E-state index contributed by atoms with van der Waals surface area (Å²) in [5, 5.41) is 8.40. The van der Waals surface area contributed by atoms with Crippen LogP contribution in [0, 0.1) is 13.8 Å². The fraction of sp³-hybridized carbons (Fsp3) is 0.571. The molecule has 0 bridgehead atoms. The Morgan fingerprint density at radius 3 is 2.64 bits per heavy atom. The quantitative estimate of drug-likeness (QED) is 0.810. The molecular formula is C21H29N5O2. The number of hydrogen-bond donors (Lipinski definition) is 0. The van der Waals surface area contributed by atoms with Crippen molar-refractivity contribution < 1.29 is 9.53 Å². The van der Waals surface area contributed by atoms with Gasteiger partial charge in [0.05, 0.1) is 25.5 Å². The summed E-state index contributed by atoms with van der Waals surface area (Å²) in [6.07, 6.45) is 3.88. The fourth-order valence-corrected chi connectivity index (χ4v) is 4.04. The van der Waals surface area contributed by atoms with E-state index in [1.807, 2.05) is 10.9 Å². The molecule has 0 N–H and O–H groups in total. The molecule has 0 spiro atoms. The van der Waals surface area contributed by atoms with Crippen molar-refractivity contribution in [1.29, 1.82) is 0 Å². The Hall–Kier alpha value is -2.25. The SMILES string of the molecule is Cc1ccc(C)c(CN2CCC(n3cc(C(=O)N4CCOCC4)nn3)CC2)c1. The molecule has 2 saturated heterocycles. The molecule has 1 aromatic carbocycles. The first kappa shape index (κ1) is 19.1. The smallest absolute Gasteiger partial charge is 0.276 e. The lowest BCUT2D eigenvalue weighted by Crippen LogP contribution is -2.40. The highest BCUT2D eigenvalue weighted by molar-refractivity contribution is 5.92. The topological polar surface area (TPSA) is 63.5 Å². The monoisotopic (exact) mass is 383 g/mol. The van der Waals surface area contributed by atoms with Gasteiger partial charge in [-0.3, -0.25) is 9.69 Å². The summed E-state index contributed by atoms with van der Waals surface area (Å²) in [5.74, 6) is -0.0399. The average Bonchev–Trinajstić information content (AvgIpc) is 3.21. The van der Waals surface area contributed by atoms with Gasteiger partial charge < -0.3 is 9.64 Å². The van der Waals surface area contributed by atoms with Crippen LogP contribution in [-0.4, -0.2) is 70.1 Å². The van der Waals surface area contributed by atoms with Gasteiger partial charge in [-0.1, -0.05) is 29.0 Å². The Labute approximate surface area is 166 Å². The van der Waals surface area contributed by atoms with Crippen molar-refractivity contribution in [2.75, 3.05) is 39.4 Å². The Morgan fingerprint density at radius 2 is 1.89 bits per heavy atom. The molecule has 28 heavy (non-hydrogen) atoms. The molecule has 2 fully saturated rings. The van der Waals surface area contributed by atoms with Gasteiger partial charge in [-0.2, -0.15) is 0 Å². The molecule has 0 unspecified atom stereocenters. The summed E-state index contributed by atoms with van der Waals surface area (Å²) in [4.78, 5) is 16.9. The van der Waals surface area contributed by atoms with Crippen LogP contribution in [0.15, 0.2) is 24.4 Å². The third-order valence-electron chi connectivity index (χ3n) is 5.86. The third kappa shape index (κ3) is 4.25. The van der Waals surface area contributed by atoms with E-state index in [-0.39, 0.29) is 5.91 Å². The second kappa shape index (κ2) is 8.41. The van der Waals surface area contributed by atoms with Gasteiger partial charge in [0.2, 0.25) is 0 Å². The van der Waals surface area contributed by atoms with E-state index in [0.29, 0.717) is 38.0 Å². The molecule has 2 aliphatic heterocycles. The van der Waals surface area contributed by atoms with Crippen LogP contribution in [0.1, 0.15) is 46.1 Å². The average molecular weight is 383 g/mol. The Balaban J connectivity index is 1.33. The maximum atomic E-state index is 12.6. The number of piperidine rings is 1. The molecule has 0 atom stereocenters. The van der Waals surface area contributed by atoms with Crippen molar-refractivity contribution in [2.24, 2.45) is 0 Å². The maximum absolute atomic E-state index is 12.6. The van der Waals surface area contributed by atoms with Crippen LogP contribution in [0.5, 0.6) is 0 Å². The zero-order valence-electron chi connectivity index (χ0n) is 16.8. The van der Waals surface area contributed by atoms with Gasteiger partial charge in [-0.25, -0.2) is 4.68 Å². The van der Waals surface area contributed by atoms with Crippen LogP contribution in [0.2, 0.25) is 0 Å². The van der Waals surface area contributed by atoms with Gasteiger partial charge in [0.25, 0.3) is 5.91 Å². The van der Waals surface area contributed by atoms with Crippen LogP contribution in [-0.2, 0) is 11.3 Å². The van der Waals surface area contributed by atoms with Crippen molar-refractivity contribution >= 4 is 5.91 Å². The number of hydrogen-bond acceptors (Lipinski definition) is 5. The highest BCUT2D eigenvalue weighted by atomic mass is 16.5. The highest BCUT2D eigenvalue weighted by Crippen LogP contribution is 2.24. The van der Waals surface area contributed by atoms with Gasteiger partial charge in [0.15, 0.2) is 5.69 Å². The van der Waals surface area contributed by atoms with Crippen molar-refractivity contribution in [1.82, 2.24) is 24.8 Å². The van der Waals surface area contributed by atoms with E-state index in [9.17, 15) is 4.79 Å². The lowest BCUT2D eigenvalue weighted by atomic mass is 10.0. The molecule has 0 aliphatic carbocycles. The first-order valence-electron chi connectivity index (χ1n) is 10.2. The molecular weight excluding hydrogens is 354 g/mol. The molecule has 0 saturated carbocycles. The van der Waals surface area contributed by atoms with Crippen LogP contribution < -0.4 is 0 Å². The number of carbonyl (C=O) groups excluding carboxylic acids is 1. The van der Waals surface area contributed by atoms with Crippen molar-refractivity contribution in [2.45, 2.75) is 39.3 Å². The van der Waals surface area contributed by atoms with E-state index >= 15 is 0 Å². The zero-order chi connectivity index (χ0) is 19.5. The standard InChI is InChI=1S/C21H29N5O2/c1-16-3-4-17(2)18(13-16)14-24-7-5-19(6-8-24)26-15-20(22-23-26)21(27)25-9-11-28-12-10-25/h3-4,13,15,19H,5-12,14H2,1-2H3. The van der Waals surface area contributed by atoms with Gasteiger partial charge in [0, 0.05) is 32.7 Å². The predicted molar refractivity (Wildman–Crippen MR) is 106 cm³/mol. The zero-order valence-corrected chi connectivity index (χ0v) is 16.8. The minimum atomic E-state index is -0.0399. The number of amides is 1. The molecule has 1 aromatic heterocycles. The minimum absolute atomic E-state index is 0.0399. The first-order chi connectivity index (χ1) is 13.6. The van der Waals surface area contributed by atoms with Gasteiger partial charge in [-0.05, 0) is 37.8 Å². The van der Waals surface area contributed by atoms with Crippen molar-refractivity contribution in [3.63, 3.8) is 0 Å². The largest absolute Gasteiger partial charge is 0.378 e. The summed E-state index contributed by atoms with van der Waals surface area (Å²) in [6.45, 7) is 9.84. The minimum Gasteiger partial charge on any atom is -0.378 e. The molecule has 0 radical (unpaired) electrons. The Kier molecular flexibility index (Phi) is 5.73. The van der Waals surface area contributed by atoms with E-state index in [4.69, 9.17) is 4.74 Å². The van der Waals surface area contributed by atoms with Crippen LogP contribution in [0.25, 0.3) is 0 Å². The second-order valence-corrected chi connectivity index (χ2v) is 7.93. The molecule has 3 heterocycles. The van der Waals surface area contributed by atoms with Crippen molar-refractivity contribution in [3.8, 4) is 0 Å². The van der Waals surface area contributed by atoms with Crippen LogP contribution in [0.3, 0.4) is 0 Å². The lowest BCUT2D eigenvalue weighted by molar-refractivity contribution is 0.0299. The number of likely N-dealkylation sites (tertiary alicyclic amines) is 1. The lowest BCUT2D eigenvalue weighted by Gasteiger charge is -2.32.